The number of hydrogen-bond donors (Lipinski definition) is 3. The van der Waals surface area contributed by atoms with Crippen LogP contribution in [0.1, 0.15) is 24.2 Å². The van der Waals surface area contributed by atoms with Gasteiger partial charge < -0.3 is 15.2 Å². The molecular formula is C18H22ClNNaO5S. The Balaban J connectivity index is 0.00000364. The van der Waals surface area contributed by atoms with Gasteiger partial charge in [0, 0.05) is 47.2 Å². The summed E-state index contributed by atoms with van der Waals surface area (Å²) in [6, 6.07) is 14.2. The van der Waals surface area contributed by atoms with Crippen molar-refractivity contribution in [2.45, 2.75) is 25.5 Å². The van der Waals surface area contributed by atoms with Crippen LogP contribution >= 0.6 is 11.6 Å². The molecule has 143 valence electrons. The van der Waals surface area contributed by atoms with Gasteiger partial charge in [-0.1, -0.05) is 35.9 Å². The zero-order valence-electron chi connectivity index (χ0n) is 15.3. The molecule has 2 rings (SSSR count). The van der Waals surface area contributed by atoms with Gasteiger partial charge in [-0.15, -0.1) is 0 Å². The fraction of sp³-hybridized carbons (Fsp3) is 0.333. The van der Waals surface area contributed by atoms with E-state index in [1.807, 2.05) is 25.1 Å². The molecule has 3 N–H and O–H groups in total. The predicted octanol–water partition coefficient (Wildman–Crippen LogP) is 2.44. The summed E-state index contributed by atoms with van der Waals surface area (Å²) in [4.78, 5) is 0. The SMILES string of the molecule is C[C@H](Cc1ccc(OCS(=O)(=O)O)cc1)NC[C@H](O)c1cccc(Cl)c1.[Na]. The van der Waals surface area contributed by atoms with Gasteiger partial charge in [-0.05, 0) is 48.7 Å². The van der Waals surface area contributed by atoms with Crippen molar-refractivity contribution >= 4 is 51.3 Å². The first-order valence-corrected chi connectivity index (χ1v) is 10.1. The number of ether oxygens (including phenoxy) is 1. The normalized spacial score (nSPS) is 13.5. The Hall–Kier alpha value is -0.640. The Morgan fingerprint density at radius 1 is 1.19 bits per heavy atom. The fourth-order valence-electron chi connectivity index (χ4n) is 2.43. The van der Waals surface area contributed by atoms with Crippen molar-refractivity contribution in [2.75, 3.05) is 12.5 Å². The summed E-state index contributed by atoms with van der Waals surface area (Å²) in [5.41, 5.74) is 1.79. The largest absolute Gasteiger partial charge is 0.475 e. The van der Waals surface area contributed by atoms with E-state index in [9.17, 15) is 13.5 Å². The van der Waals surface area contributed by atoms with Gasteiger partial charge in [0.1, 0.15) is 5.75 Å². The Morgan fingerprint density at radius 3 is 2.44 bits per heavy atom. The van der Waals surface area contributed by atoms with Crippen LogP contribution in [0.3, 0.4) is 0 Å². The summed E-state index contributed by atoms with van der Waals surface area (Å²) in [6.07, 6.45) is 0.0771. The van der Waals surface area contributed by atoms with Gasteiger partial charge in [-0.2, -0.15) is 8.42 Å². The van der Waals surface area contributed by atoms with Crippen LogP contribution in [0.4, 0.5) is 0 Å². The van der Waals surface area contributed by atoms with Crippen molar-refractivity contribution in [1.82, 2.24) is 5.32 Å². The van der Waals surface area contributed by atoms with E-state index in [1.165, 1.54) is 0 Å². The van der Waals surface area contributed by atoms with Crippen LogP contribution in [0.5, 0.6) is 5.75 Å². The summed E-state index contributed by atoms with van der Waals surface area (Å²) in [6.45, 7) is 2.41. The third-order valence-corrected chi connectivity index (χ3v) is 4.38. The third kappa shape index (κ3) is 9.40. The second-order valence-corrected chi connectivity index (χ2v) is 7.91. The molecule has 0 unspecified atom stereocenters. The van der Waals surface area contributed by atoms with Crippen LogP contribution < -0.4 is 10.1 Å². The van der Waals surface area contributed by atoms with Crippen LogP contribution in [0, 0.1) is 0 Å². The Morgan fingerprint density at radius 2 is 1.85 bits per heavy atom. The molecular weight excluding hydrogens is 401 g/mol. The molecule has 0 saturated heterocycles. The molecule has 0 bridgehead atoms. The van der Waals surface area contributed by atoms with Crippen molar-refractivity contribution in [2.24, 2.45) is 0 Å². The predicted molar refractivity (Wildman–Crippen MR) is 107 cm³/mol. The maximum absolute atomic E-state index is 10.7. The van der Waals surface area contributed by atoms with Gasteiger partial charge in [0.15, 0.2) is 0 Å². The van der Waals surface area contributed by atoms with Crippen LogP contribution in [0.15, 0.2) is 48.5 Å². The van der Waals surface area contributed by atoms with E-state index in [4.69, 9.17) is 20.9 Å². The van der Waals surface area contributed by atoms with E-state index in [2.05, 4.69) is 5.32 Å². The topological polar surface area (TPSA) is 95.9 Å². The molecule has 0 aromatic heterocycles. The van der Waals surface area contributed by atoms with E-state index < -0.39 is 22.2 Å². The van der Waals surface area contributed by atoms with Crippen molar-refractivity contribution in [3.05, 3.63) is 64.7 Å². The third-order valence-electron chi connectivity index (χ3n) is 3.73. The first kappa shape index (κ1) is 24.4. The smallest absolute Gasteiger partial charge is 0.300 e. The average molecular weight is 423 g/mol. The van der Waals surface area contributed by atoms with E-state index in [0.717, 1.165) is 17.5 Å². The summed E-state index contributed by atoms with van der Waals surface area (Å²) in [7, 11) is -4.16. The Kier molecular flexibility index (Phi) is 10.3. The minimum atomic E-state index is -4.16. The molecule has 0 spiro atoms. The summed E-state index contributed by atoms with van der Waals surface area (Å²) >= 11 is 5.93. The van der Waals surface area contributed by atoms with Crippen LogP contribution in [-0.4, -0.2) is 66.2 Å². The van der Waals surface area contributed by atoms with Gasteiger partial charge in [-0.25, -0.2) is 0 Å². The average Bonchev–Trinajstić information content (AvgIpc) is 2.58. The number of nitrogens with one attached hydrogen (secondary N) is 1. The minimum absolute atomic E-state index is 0. The van der Waals surface area contributed by atoms with Crippen molar-refractivity contribution in [3.63, 3.8) is 0 Å². The number of aliphatic hydroxyl groups is 1. The molecule has 0 amide bonds. The first-order valence-electron chi connectivity index (χ1n) is 8.07. The van der Waals surface area contributed by atoms with Crippen LogP contribution in [-0.2, 0) is 16.5 Å². The molecule has 6 nitrogen and oxygen atoms in total. The Bertz CT molecular complexity index is 817. The summed E-state index contributed by atoms with van der Waals surface area (Å²) in [5, 5.41) is 14.1. The number of hydrogen-bond acceptors (Lipinski definition) is 5. The molecule has 0 aliphatic heterocycles. The standard InChI is InChI=1S/C18H22ClNO5S.Na/c1-13(20-11-18(21)15-3-2-4-16(19)10-15)9-14-5-7-17(8-6-14)25-12-26(22,23)24;/h2-8,10,13,18,20-21H,9,11-12H2,1H3,(H,22,23,24);/t13-,18+;/m1./s1. The van der Waals surface area contributed by atoms with Gasteiger partial charge in [0.25, 0.3) is 0 Å². The van der Waals surface area contributed by atoms with Crippen molar-refractivity contribution in [3.8, 4) is 5.75 Å². The number of benzene rings is 2. The minimum Gasteiger partial charge on any atom is -0.475 e. The maximum atomic E-state index is 10.7. The molecule has 2 aromatic rings. The maximum Gasteiger partial charge on any atom is 0.300 e. The molecule has 0 aliphatic carbocycles. The fourth-order valence-corrected chi connectivity index (χ4v) is 2.92. The van der Waals surface area contributed by atoms with Crippen LogP contribution in [0.2, 0.25) is 5.02 Å². The number of rotatable bonds is 9. The molecule has 1 radical (unpaired) electrons. The van der Waals surface area contributed by atoms with E-state index in [1.54, 1.807) is 30.3 Å². The quantitative estimate of drug-likeness (QED) is 0.424. The second kappa shape index (κ2) is 11.4. The first-order chi connectivity index (χ1) is 12.2. The van der Waals surface area contributed by atoms with E-state index >= 15 is 0 Å². The molecule has 0 fully saturated rings. The number of aliphatic hydroxyl groups excluding tert-OH is 1. The van der Waals surface area contributed by atoms with E-state index in [-0.39, 0.29) is 35.6 Å². The molecule has 2 atom stereocenters. The molecule has 9 heteroatoms. The molecule has 2 aromatic carbocycles. The molecule has 0 aliphatic rings. The number of halogens is 1. The molecule has 27 heavy (non-hydrogen) atoms. The Labute approximate surface area is 186 Å². The zero-order valence-corrected chi connectivity index (χ0v) is 18.9. The van der Waals surface area contributed by atoms with Crippen molar-refractivity contribution < 1.29 is 22.8 Å². The monoisotopic (exact) mass is 422 g/mol. The van der Waals surface area contributed by atoms with Gasteiger partial charge in [-0.3, -0.25) is 4.55 Å². The summed E-state index contributed by atoms with van der Waals surface area (Å²) < 4.78 is 35.0. The van der Waals surface area contributed by atoms with E-state index in [0.29, 0.717) is 17.3 Å². The van der Waals surface area contributed by atoms with Gasteiger partial charge >= 0.3 is 10.1 Å². The summed E-state index contributed by atoms with van der Waals surface area (Å²) in [5.74, 6) is -0.408. The molecule has 0 saturated carbocycles. The van der Waals surface area contributed by atoms with Crippen LogP contribution in [0.25, 0.3) is 0 Å². The second-order valence-electron chi connectivity index (χ2n) is 6.07. The van der Waals surface area contributed by atoms with Crippen molar-refractivity contribution in [1.29, 1.82) is 0 Å². The molecule has 0 heterocycles. The zero-order chi connectivity index (χ0) is 19.2. The van der Waals surface area contributed by atoms with Gasteiger partial charge in [0.2, 0.25) is 5.94 Å². The van der Waals surface area contributed by atoms with Gasteiger partial charge in [0.05, 0.1) is 6.10 Å².